The Morgan fingerprint density at radius 2 is 1.40 bits per heavy atom. The van der Waals surface area contributed by atoms with E-state index in [0.29, 0.717) is 0 Å². The van der Waals surface area contributed by atoms with Gasteiger partial charge >= 0.3 is 56.6 Å². The van der Waals surface area contributed by atoms with Crippen LogP contribution in [0.1, 0.15) is 4.28 Å². The monoisotopic (exact) mass is 136 g/mol. The minimum absolute atomic E-state index is 0. The van der Waals surface area contributed by atoms with Crippen molar-refractivity contribution in [2.45, 2.75) is 0 Å². The van der Waals surface area contributed by atoms with E-state index in [4.69, 9.17) is 0 Å². The predicted molar refractivity (Wildman–Crippen MR) is 21.9 cm³/mol. The first-order valence-electron chi connectivity index (χ1n) is 0.309. The summed E-state index contributed by atoms with van der Waals surface area (Å²) in [4.78, 5) is 0. The maximum absolute atomic E-state index is 4.26. The summed E-state index contributed by atoms with van der Waals surface area (Å²) in [5.41, 5.74) is 0. The van der Waals surface area contributed by atoms with E-state index < -0.39 is 0 Å². The Labute approximate surface area is 87.3 Å². The molecule has 0 heterocycles. The smallest absolute Gasteiger partial charge is 1.00 e. The zero-order chi connectivity index (χ0) is 2.71. The van der Waals surface area contributed by atoms with Gasteiger partial charge in [0.25, 0.3) is 0 Å². The fraction of sp³-hybridized carbons (Fsp3) is 0. The number of halogens is 2. The van der Waals surface area contributed by atoms with Gasteiger partial charge in [-0.2, -0.15) is 3.84 Å². The second-order valence-corrected chi connectivity index (χ2v) is 0.525. The van der Waals surface area contributed by atoms with Crippen LogP contribution in [0, 0.1) is 0 Å². The van der Waals surface area contributed by atoms with Gasteiger partial charge in [-0.15, -0.1) is 0 Å². The number of hydrogen-bond acceptors (Lipinski definition) is 1. The van der Waals surface area contributed by atoms with Crippen molar-refractivity contribution in [3.8, 4) is 0 Å². The molecule has 0 aromatic rings. The summed E-state index contributed by atoms with van der Waals surface area (Å²) in [6, 6.07) is 0. The normalized spacial score (nSPS) is 3.60. The topological polar surface area (TPSA) is 9.23 Å². The fourth-order valence-corrected chi connectivity index (χ4v) is 0. The van der Waals surface area contributed by atoms with Crippen LogP contribution in [0.2, 0.25) is 0 Å². The molecule has 0 radical (unpaired) electrons. The van der Waals surface area contributed by atoms with E-state index in [1.807, 2.05) is 0 Å². The van der Waals surface area contributed by atoms with Crippen molar-refractivity contribution < 1.29 is 27.0 Å². The molecule has 0 unspecified atom stereocenters. The largest absolute Gasteiger partial charge is 2.00 e. The molecule has 0 rings (SSSR count). The van der Waals surface area contributed by atoms with Gasteiger partial charge in [0.1, 0.15) is 0 Å². The Hall–Kier alpha value is 2.40. The molecule has 0 fully saturated rings. The van der Waals surface area contributed by atoms with Crippen LogP contribution in [-0.2, 0) is 3.84 Å². The molecular formula is H3CaCl2LiO. The van der Waals surface area contributed by atoms with E-state index in [2.05, 4.69) is 27.6 Å². The van der Waals surface area contributed by atoms with Crippen molar-refractivity contribution >= 4 is 61.5 Å². The van der Waals surface area contributed by atoms with Crippen molar-refractivity contribution in [2.24, 2.45) is 0 Å². The Morgan fingerprint density at radius 1 is 1.40 bits per heavy atom. The molecule has 0 saturated heterocycles. The zero-order valence-corrected chi connectivity index (χ0v) is 6.59. The van der Waals surface area contributed by atoms with Gasteiger partial charge in [0, 0.05) is 0 Å². The van der Waals surface area contributed by atoms with Gasteiger partial charge in [-0.05, 0) is 0 Å². The van der Waals surface area contributed by atoms with E-state index in [1.54, 1.807) is 0 Å². The molecule has 0 saturated carbocycles. The van der Waals surface area contributed by atoms with Crippen LogP contribution in [-0.4, -0.2) is 37.7 Å². The molecule has 0 aromatic carbocycles. The van der Waals surface area contributed by atoms with Crippen LogP contribution in [0.25, 0.3) is 0 Å². The predicted octanol–water partition coefficient (Wildman–Crippen LogP) is -1.73. The molecule has 1 nitrogen and oxygen atoms in total. The standard InChI is InChI=1S/Ca.Cl2O.Li.3H/c;1-3-2;;;;/q+2;;+1;3*-1. The van der Waals surface area contributed by atoms with Crippen molar-refractivity contribution in [2.75, 3.05) is 0 Å². The molecule has 0 N–H and O–H groups in total. The molecule has 26 valence electrons. The molecule has 0 aliphatic rings. The third-order valence-corrected chi connectivity index (χ3v) is 0. The molecule has 5 heteroatoms. The van der Waals surface area contributed by atoms with Crippen LogP contribution in [0.3, 0.4) is 0 Å². The molecule has 0 bridgehead atoms. The Morgan fingerprint density at radius 3 is 1.40 bits per heavy atom. The van der Waals surface area contributed by atoms with E-state index in [-0.39, 0.29) is 60.9 Å². The first kappa shape index (κ1) is 15.7. The second-order valence-electron chi connectivity index (χ2n) is 0.0583. The number of rotatable bonds is 0. The third kappa shape index (κ3) is 21.5. The molecule has 0 aliphatic carbocycles. The van der Waals surface area contributed by atoms with E-state index in [9.17, 15) is 0 Å². The molecule has 0 aliphatic heterocycles. The summed E-state index contributed by atoms with van der Waals surface area (Å²) in [7, 11) is 0. The maximum atomic E-state index is 4.26. The van der Waals surface area contributed by atoms with E-state index >= 15 is 0 Å². The minimum atomic E-state index is 0. The molecule has 0 atom stereocenters. The summed E-state index contributed by atoms with van der Waals surface area (Å²) < 4.78 is 3.19. The molecule has 5 heavy (non-hydrogen) atoms. The van der Waals surface area contributed by atoms with E-state index in [1.165, 1.54) is 0 Å². The molecule has 0 amide bonds. The van der Waals surface area contributed by atoms with Gasteiger partial charge < -0.3 is 4.28 Å². The van der Waals surface area contributed by atoms with E-state index in [0.717, 1.165) is 0 Å². The fourth-order valence-electron chi connectivity index (χ4n) is 0. The summed E-state index contributed by atoms with van der Waals surface area (Å²) in [6.45, 7) is 0. The van der Waals surface area contributed by atoms with Gasteiger partial charge in [0.05, 0.1) is 23.7 Å². The average Bonchev–Trinajstić information content (AvgIpc) is 0.918. The Kier molecular flexibility index (Phi) is 50.6. The quantitative estimate of drug-likeness (QED) is 0.360. The first-order chi connectivity index (χ1) is 1.41. The van der Waals surface area contributed by atoms with Crippen molar-refractivity contribution in [3.63, 3.8) is 0 Å². The summed E-state index contributed by atoms with van der Waals surface area (Å²) >= 11 is 8.53. The maximum Gasteiger partial charge on any atom is 2.00 e. The third-order valence-electron chi connectivity index (χ3n) is 0. The summed E-state index contributed by atoms with van der Waals surface area (Å²) in [5, 5.41) is 0. The van der Waals surface area contributed by atoms with Gasteiger partial charge in [-0.1, -0.05) is 0 Å². The Bertz CT molecular complexity index is 17.2. The van der Waals surface area contributed by atoms with Crippen LogP contribution in [0.4, 0.5) is 0 Å². The van der Waals surface area contributed by atoms with Crippen LogP contribution in [0.15, 0.2) is 0 Å². The number of hydrogen-bond donors (Lipinski definition) is 0. The van der Waals surface area contributed by atoms with Crippen LogP contribution < -0.4 is 18.9 Å². The van der Waals surface area contributed by atoms with Gasteiger partial charge in [-0.25, -0.2) is 0 Å². The summed E-state index contributed by atoms with van der Waals surface area (Å²) in [6.07, 6.45) is 0. The minimum Gasteiger partial charge on any atom is -1.00 e. The average molecular weight is 137 g/mol. The first-order valence-corrected chi connectivity index (χ1v) is 0.926. The van der Waals surface area contributed by atoms with Crippen LogP contribution >= 0.6 is 23.7 Å². The van der Waals surface area contributed by atoms with Crippen LogP contribution in [0.5, 0.6) is 0 Å². The van der Waals surface area contributed by atoms with Crippen molar-refractivity contribution in [3.05, 3.63) is 0 Å². The molecule has 0 spiro atoms. The summed E-state index contributed by atoms with van der Waals surface area (Å²) in [5.74, 6) is 0. The van der Waals surface area contributed by atoms with Crippen molar-refractivity contribution in [1.29, 1.82) is 0 Å². The zero-order valence-electron chi connectivity index (χ0n) is 5.87. The van der Waals surface area contributed by atoms with Crippen molar-refractivity contribution in [1.82, 2.24) is 0 Å². The molecular weight excluding hydrogens is 134 g/mol. The second kappa shape index (κ2) is 16.1. The van der Waals surface area contributed by atoms with Gasteiger partial charge in [0.2, 0.25) is 0 Å². The van der Waals surface area contributed by atoms with Gasteiger partial charge in [-0.3, -0.25) is 0 Å². The molecule has 0 aromatic heterocycles. The van der Waals surface area contributed by atoms with Gasteiger partial charge in [0.15, 0.2) is 0 Å². The Balaban J connectivity index is -0.00000000200. The SMILES string of the molecule is ClOCl.[Ca+2].[H-].[H-].[H-].[Li+].